The van der Waals surface area contributed by atoms with Gasteiger partial charge in [-0.25, -0.2) is 0 Å². The zero-order valence-electron chi connectivity index (χ0n) is 10.2. The number of carbonyl (C=O) groups excluding carboxylic acids is 1. The largest absolute Gasteiger partial charge is 0.493 e. The molecule has 0 aliphatic heterocycles. The molecule has 0 amide bonds. The lowest BCUT2D eigenvalue weighted by Crippen LogP contribution is -2.22. The molecule has 0 bridgehead atoms. The van der Waals surface area contributed by atoms with Gasteiger partial charge in [-0.05, 0) is 24.1 Å². The number of methoxy groups -OCH3 is 2. The molecule has 0 heterocycles. The molecular weight excluding hydrogens is 236 g/mol. The summed E-state index contributed by atoms with van der Waals surface area (Å²) in [7, 11) is 2.96. The molecule has 1 unspecified atom stereocenters. The lowest BCUT2D eigenvalue weighted by molar-refractivity contribution is -0.139. The molecule has 1 aliphatic carbocycles. The van der Waals surface area contributed by atoms with E-state index in [9.17, 15) is 14.7 Å². The highest BCUT2D eigenvalue weighted by Gasteiger charge is 2.31. The maximum atomic E-state index is 11.8. The number of hydrogen-bond acceptors (Lipinski definition) is 4. The first-order valence-corrected chi connectivity index (χ1v) is 5.60. The van der Waals surface area contributed by atoms with E-state index >= 15 is 0 Å². The Balaban J connectivity index is 2.60. The van der Waals surface area contributed by atoms with E-state index in [1.54, 1.807) is 12.1 Å². The number of rotatable bonds is 3. The Morgan fingerprint density at radius 2 is 1.89 bits per heavy atom. The Morgan fingerprint density at radius 3 is 2.44 bits per heavy atom. The highest BCUT2D eigenvalue weighted by molar-refractivity contribution is 6.01. The van der Waals surface area contributed by atoms with Gasteiger partial charge in [0, 0.05) is 12.0 Å². The SMILES string of the molecule is COc1cc2c(cc1OC)C(C(=O)O)CCC2=O. The van der Waals surface area contributed by atoms with Crippen LogP contribution in [0.1, 0.15) is 34.7 Å². The number of carbonyl (C=O) groups is 2. The van der Waals surface area contributed by atoms with Gasteiger partial charge in [0.1, 0.15) is 0 Å². The van der Waals surface area contributed by atoms with Crippen LogP contribution < -0.4 is 9.47 Å². The van der Waals surface area contributed by atoms with Crippen molar-refractivity contribution in [1.29, 1.82) is 0 Å². The smallest absolute Gasteiger partial charge is 0.311 e. The molecule has 5 heteroatoms. The maximum absolute atomic E-state index is 11.8. The molecule has 2 rings (SSSR count). The van der Waals surface area contributed by atoms with Crippen molar-refractivity contribution < 1.29 is 24.2 Å². The molecule has 0 radical (unpaired) electrons. The van der Waals surface area contributed by atoms with Gasteiger partial charge in [0.05, 0.1) is 20.1 Å². The molecule has 0 spiro atoms. The molecule has 5 nitrogen and oxygen atoms in total. The fourth-order valence-electron chi connectivity index (χ4n) is 2.25. The molecule has 0 fully saturated rings. The molecule has 1 aromatic rings. The van der Waals surface area contributed by atoms with Crippen LogP contribution in [0.2, 0.25) is 0 Å². The van der Waals surface area contributed by atoms with Crippen LogP contribution in [-0.2, 0) is 4.79 Å². The molecule has 0 saturated carbocycles. The van der Waals surface area contributed by atoms with Gasteiger partial charge in [-0.1, -0.05) is 0 Å². The van der Waals surface area contributed by atoms with E-state index < -0.39 is 11.9 Å². The average Bonchev–Trinajstić information content (AvgIpc) is 2.37. The minimum Gasteiger partial charge on any atom is -0.493 e. The topological polar surface area (TPSA) is 72.8 Å². The first-order valence-electron chi connectivity index (χ1n) is 5.60. The van der Waals surface area contributed by atoms with Gasteiger partial charge in [-0.3, -0.25) is 9.59 Å². The van der Waals surface area contributed by atoms with Crippen LogP contribution in [0.3, 0.4) is 0 Å². The number of hydrogen-bond donors (Lipinski definition) is 1. The van der Waals surface area contributed by atoms with Gasteiger partial charge < -0.3 is 14.6 Å². The van der Waals surface area contributed by atoms with Crippen molar-refractivity contribution >= 4 is 11.8 Å². The second-order valence-corrected chi connectivity index (χ2v) is 4.15. The first kappa shape index (κ1) is 12.4. The number of fused-ring (bicyclic) bond motifs is 1. The van der Waals surface area contributed by atoms with Crippen LogP contribution in [0.5, 0.6) is 11.5 Å². The van der Waals surface area contributed by atoms with Crippen LogP contribution in [0.15, 0.2) is 12.1 Å². The third-order valence-electron chi connectivity index (χ3n) is 3.19. The number of carboxylic acid groups (broad SMARTS) is 1. The fraction of sp³-hybridized carbons (Fsp3) is 0.385. The van der Waals surface area contributed by atoms with Gasteiger partial charge >= 0.3 is 5.97 Å². The van der Waals surface area contributed by atoms with E-state index in [2.05, 4.69) is 0 Å². The summed E-state index contributed by atoms with van der Waals surface area (Å²) >= 11 is 0. The molecule has 1 atom stereocenters. The maximum Gasteiger partial charge on any atom is 0.311 e. The van der Waals surface area contributed by atoms with Crippen LogP contribution in [0.25, 0.3) is 0 Å². The second-order valence-electron chi connectivity index (χ2n) is 4.15. The van der Waals surface area contributed by atoms with Crippen molar-refractivity contribution in [2.75, 3.05) is 14.2 Å². The highest BCUT2D eigenvalue weighted by Crippen LogP contribution is 2.39. The van der Waals surface area contributed by atoms with Crippen LogP contribution in [0.4, 0.5) is 0 Å². The van der Waals surface area contributed by atoms with Gasteiger partial charge in [-0.2, -0.15) is 0 Å². The molecule has 1 aromatic carbocycles. The summed E-state index contributed by atoms with van der Waals surface area (Å²) < 4.78 is 10.3. The summed E-state index contributed by atoms with van der Waals surface area (Å²) in [4.78, 5) is 23.0. The van der Waals surface area contributed by atoms with E-state index in [0.29, 0.717) is 29.0 Å². The third-order valence-corrected chi connectivity index (χ3v) is 3.19. The minimum atomic E-state index is -0.920. The number of aliphatic carboxylic acids is 1. The summed E-state index contributed by atoms with van der Waals surface area (Å²) in [5, 5.41) is 9.18. The molecular formula is C13H14O5. The summed E-state index contributed by atoms with van der Waals surface area (Å²) in [6, 6.07) is 3.15. The summed E-state index contributed by atoms with van der Waals surface area (Å²) in [5.41, 5.74) is 0.933. The van der Waals surface area contributed by atoms with Crippen molar-refractivity contribution in [1.82, 2.24) is 0 Å². The van der Waals surface area contributed by atoms with Crippen molar-refractivity contribution in [3.8, 4) is 11.5 Å². The predicted molar refractivity (Wildman–Crippen MR) is 63.5 cm³/mol. The second kappa shape index (κ2) is 4.68. The van der Waals surface area contributed by atoms with E-state index in [4.69, 9.17) is 9.47 Å². The van der Waals surface area contributed by atoms with Crippen molar-refractivity contribution in [2.45, 2.75) is 18.8 Å². The standard InChI is InChI=1S/C13H14O5/c1-17-11-5-8-7(13(15)16)3-4-10(14)9(8)6-12(11)18-2/h5-7H,3-4H2,1-2H3,(H,15,16). The molecule has 18 heavy (non-hydrogen) atoms. The quantitative estimate of drug-likeness (QED) is 0.886. The number of benzene rings is 1. The molecule has 0 aromatic heterocycles. The van der Waals surface area contributed by atoms with Crippen molar-refractivity contribution in [3.63, 3.8) is 0 Å². The summed E-state index contributed by atoms with van der Waals surface area (Å²) in [6.07, 6.45) is 0.579. The van der Waals surface area contributed by atoms with Gasteiger partial charge in [0.15, 0.2) is 17.3 Å². The van der Waals surface area contributed by atoms with Crippen LogP contribution >= 0.6 is 0 Å². The lowest BCUT2D eigenvalue weighted by atomic mass is 9.82. The summed E-state index contributed by atoms with van der Waals surface area (Å²) in [6.45, 7) is 0. The monoisotopic (exact) mass is 250 g/mol. The summed E-state index contributed by atoms with van der Waals surface area (Å²) in [5.74, 6) is -0.746. The molecule has 1 aliphatic rings. The Bertz CT molecular complexity index is 506. The lowest BCUT2D eigenvalue weighted by Gasteiger charge is -2.23. The van der Waals surface area contributed by atoms with Crippen molar-refractivity contribution in [2.24, 2.45) is 0 Å². The molecule has 0 saturated heterocycles. The number of ketones is 1. The van der Waals surface area contributed by atoms with Crippen LogP contribution in [0, 0.1) is 0 Å². The van der Waals surface area contributed by atoms with Gasteiger partial charge in [0.25, 0.3) is 0 Å². The van der Waals surface area contributed by atoms with E-state index in [1.807, 2.05) is 0 Å². The predicted octanol–water partition coefficient (Wildman–Crippen LogP) is 1.85. The third kappa shape index (κ3) is 1.92. The van der Waals surface area contributed by atoms with Crippen molar-refractivity contribution in [3.05, 3.63) is 23.3 Å². The Kier molecular flexibility index (Phi) is 3.23. The Labute approximate surface area is 104 Å². The zero-order valence-corrected chi connectivity index (χ0v) is 10.2. The number of carboxylic acids is 1. The zero-order chi connectivity index (χ0) is 13.3. The normalized spacial score (nSPS) is 18.1. The van der Waals surface area contributed by atoms with Crippen LogP contribution in [-0.4, -0.2) is 31.1 Å². The average molecular weight is 250 g/mol. The minimum absolute atomic E-state index is 0.0524. The Hall–Kier alpha value is -2.04. The molecule has 96 valence electrons. The van der Waals surface area contributed by atoms with Gasteiger partial charge in [-0.15, -0.1) is 0 Å². The van der Waals surface area contributed by atoms with E-state index in [-0.39, 0.29) is 12.2 Å². The number of Topliss-reactive ketones (excluding diaryl/α,β-unsaturated/α-hetero) is 1. The Morgan fingerprint density at radius 1 is 1.28 bits per heavy atom. The molecule has 1 N–H and O–H groups in total. The fourth-order valence-corrected chi connectivity index (χ4v) is 2.25. The van der Waals surface area contributed by atoms with Gasteiger partial charge in [0.2, 0.25) is 0 Å². The first-order chi connectivity index (χ1) is 8.58. The van der Waals surface area contributed by atoms with E-state index in [0.717, 1.165) is 0 Å². The number of ether oxygens (including phenoxy) is 2. The highest BCUT2D eigenvalue weighted by atomic mass is 16.5. The van der Waals surface area contributed by atoms with E-state index in [1.165, 1.54) is 14.2 Å².